The smallest absolute Gasteiger partial charge is 0.264 e. The summed E-state index contributed by atoms with van der Waals surface area (Å²) in [5.74, 6) is 1.95. The molecule has 0 saturated heterocycles. The van der Waals surface area contributed by atoms with Crippen LogP contribution in [0.5, 0.6) is 0 Å². The number of terminal acetylenes is 1. The molecule has 0 aliphatic heterocycles. The molecule has 1 amide bonds. The highest BCUT2D eigenvalue weighted by Gasteiger charge is 2.10. The molecule has 0 saturated carbocycles. The van der Waals surface area contributed by atoms with Gasteiger partial charge in [0.2, 0.25) is 5.91 Å². The first-order chi connectivity index (χ1) is 8.63. The molecular formula is C11H11N5O2. The third-order valence-electron chi connectivity index (χ3n) is 2.42. The molecule has 0 fully saturated rings. The Morgan fingerprint density at radius 1 is 1.61 bits per heavy atom. The quantitative estimate of drug-likeness (QED) is 0.694. The van der Waals surface area contributed by atoms with Crippen LogP contribution in [0.2, 0.25) is 0 Å². The van der Waals surface area contributed by atoms with E-state index in [4.69, 9.17) is 6.42 Å². The van der Waals surface area contributed by atoms with Crippen LogP contribution in [0.1, 0.15) is 0 Å². The van der Waals surface area contributed by atoms with Gasteiger partial charge in [-0.15, -0.1) is 6.42 Å². The average molecular weight is 245 g/mol. The largest absolute Gasteiger partial charge is 0.344 e. The van der Waals surface area contributed by atoms with Crippen molar-refractivity contribution < 1.29 is 4.79 Å². The molecule has 0 atom stereocenters. The molecule has 92 valence electrons. The van der Waals surface area contributed by atoms with Crippen molar-refractivity contribution in [3.63, 3.8) is 0 Å². The van der Waals surface area contributed by atoms with Gasteiger partial charge in [0.05, 0.1) is 12.7 Å². The van der Waals surface area contributed by atoms with E-state index >= 15 is 0 Å². The summed E-state index contributed by atoms with van der Waals surface area (Å²) in [5.41, 5.74) is 0.184. The summed E-state index contributed by atoms with van der Waals surface area (Å²) < 4.78 is 2.72. The number of hydrogen-bond acceptors (Lipinski definition) is 4. The predicted octanol–water partition coefficient (Wildman–Crippen LogP) is -1.12. The van der Waals surface area contributed by atoms with Crippen LogP contribution in [-0.2, 0) is 18.4 Å². The molecule has 0 aliphatic carbocycles. The fourth-order valence-electron chi connectivity index (χ4n) is 1.54. The van der Waals surface area contributed by atoms with Crippen LogP contribution in [0.25, 0.3) is 11.0 Å². The molecule has 0 spiro atoms. The van der Waals surface area contributed by atoms with Crippen molar-refractivity contribution in [2.45, 2.75) is 6.54 Å². The first kappa shape index (κ1) is 11.9. The molecular weight excluding hydrogens is 234 g/mol. The summed E-state index contributed by atoms with van der Waals surface area (Å²) in [6, 6.07) is 0. The maximum atomic E-state index is 12.0. The van der Waals surface area contributed by atoms with Crippen LogP contribution in [0, 0.1) is 12.3 Å². The molecule has 7 nitrogen and oxygen atoms in total. The molecule has 0 bridgehead atoms. The maximum Gasteiger partial charge on any atom is 0.264 e. The second kappa shape index (κ2) is 4.71. The van der Waals surface area contributed by atoms with Crippen molar-refractivity contribution in [3.05, 3.63) is 22.9 Å². The number of nitrogens with zero attached hydrogens (tertiary/aromatic N) is 4. The standard InChI is InChI=1S/C11H11N5O2/c1-3-4-12-9(17)6-16-7-13-10-8(11(16)18)5-14-15(10)2/h1,5,7H,4,6H2,2H3,(H,12,17). The van der Waals surface area contributed by atoms with E-state index in [-0.39, 0.29) is 24.6 Å². The van der Waals surface area contributed by atoms with E-state index < -0.39 is 0 Å². The molecule has 18 heavy (non-hydrogen) atoms. The Hall–Kier alpha value is -2.62. The van der Waals surface area contributed by atoms with Crippen molar-refractivity contribution in [3.8, 4) is 12.3 Å². The summed E-state index contributed by atoms with van der Waals surface area (Å²) in [6.45, 7) is 0.0223. The van der Waals surface area contributed by atoms with Crippen molar-refractivity contribution in [2.24, 2.45) is 7.05 Å². The Morgan fingerprint density at radius 3 is 3.11 bits per heavy atom. The van der Waals surface area contributed by atoms with Crippen LogP contribution in [0.15, 0.2) is 17.3 Å². The minimum absolute atomic E-state index is 0.113. The lowest BCUT2D eigenvalue weighted by atomic mass is 10.4. The van der Waals surface area contributed by atoms with Crippen LogP contribution in [0.4, 0.5) is 0 Å². The highest BCUT2D eigenvalue weighted by molar-refractivity contribution is 5.77. The van der Waals surface area contributed by atoms with Crippen LogP contribution >= 0.6 is 0 Å². The van der Waals surface area contributed by atoms with Gasteiger partial charge < -0.3 is 5.32 Å². The van der Waals surface area contributed by atoms with Gasteiger partial charge in [-0.25, -0.2) is 4.98 Å². The molecule has 2 aromatic heterocycles. The fraction of sp³-hybridized carbons (Fsp3) is 0.273. The van der Waals surface area contributed by atoms with E-state index in [1.165, 1.54) is 21.8 Å². The van der Waals surface area contributed by atoms with Gasteiger partial charge in [-0.1, -0.05) is 5.92 Å². The second-order valence-electron chi connectivity index (χ2n) is 3.66. The number of carbonyl (C=O) groups excluding carboxylic acids is 1. The summed E-state index contributed by atoms with van der Waals surface area (Å²) in [5, 5.41) is 6.80. The van der Waals surface area contributed by atoms with Gasteiger partial charge >= 0.3 is 0 Å². The average Bonchev–Trinajstić information content (AvgIpc) is 2.73. The molecule has 0 radical (unpaired) electrons. The lowest BCUT2D eigenvalue weighted by Gasteiger charge is -2.04. The van der Waals surface area contributed by atoms with Gasteiger partial charge in [-0.3, -0.25) is 18.8 Å². The highest BCUT2D eigenvalue weighted by atomic mass is 16.2. The number of nitrogens with one attached hydrogen (secondary N) is 1. The second-order valence-corrected chi connectivity index (χ2v) is 3.66. The molecule has 0 unspecified atom stereocenters. The van der Waals surface area contributed by atoms with Crippen LogP contribution in [0.3, 0.4) is 0 Å². The molecule has 1 N–H and O–H groups in total. The van der Waals surface area contributed by atoms with E-state index in [1.54, 1.807) is 7.05 Å². The first-order valence-electron chi connectivity index (χ1n) is 5.21. The zero-order chi connectivity index (χ0) is 13.1. The Morgan fingerprint density at radius 2 is 2.39 bits per heavy atom. The number of aromatic nitrogens is 4. The number of carbonyl (C=O) groups is 1. The minimum Gasteiger partial charge on any atom is -0.344 e. The SMILES string of the molecule is C#CCNC(=O)Cn1cnc2c(cnn2C)c1=O. The van der Waals surface area contributed by atoms with Gasteiger partial charge in [0.15, 0.2) is 5.65 Å². The fourth-order valence-corrected chi connectivity index (χ4v) is 1.54. The van der Waals surface area contributed by atoms with E-state index in [0.717, 1.165) is 0 Å². The summed E-state index contributed by atoms with van der Waals surface area (Å²) in [4.78, 5) is 27.5. The topological polar surface area (TPSA) is 81.8 Å². The summed E-state index contributed by atoms with van der Waals surface area (Å²) >= 11 is 0. The Labute approximate surface area is 102 Å². The van der Waals surface area contributed by atoms with Gasteiger partial charge in [0, 0.05) is 7.05 Å². The Balaban J connectivity index is 2.30. The van der Waals surface area contributed by atoms with Crippen molar-refractivity contribution in [1.29, 1.82) is 0 Å². The number of rotatable bonds is 3. The van der Waals surface area contributed by atoms with Crippen molar-refractivity contribution in [1.82, 2.24) is 24.6 Å². The van der Waals surface area contributed by atoms with Gasteiger partial charge in [-0.05, 0) is 0 Å². The third kappa shape index (κ3) is 2.08. The van der Waals surface area contributed by atoms with Crippen molar-refractivity contribution in [2.75, 3.05) is 6.54 Å². The molecule has 2 aromatic rings. The molecule has 2 rings (SSSR count). The Kier molecular flexibility index (Phi) is 3.10. The molecule has 7 heteroatoms. The van der Waals surface area contributed by atoms with E-state index in [1.807, 2.05) is 0 Å². The molecule has 0 aromatic carbocycles. The highest BCUT2D eigenvalue weighted by Crippen LogP contribution is 2.02. The third-order valence-corrected chi connectivity index (χ3v) is 2.42. The predicted molar refractivity (Wildman–Crippen MR) is 64.6 cm³/mol. The van der Waals surface area contributed by atoms with E-state index in [0.29, 0.717) is 11.0 Å². The lowest BCUT2D eigenvalue weighted by molar-refractivity contribution is -0.121. The van der Waals surface area contributed by atoms with Crippen LogP contribution < -0.4 is 10.9 Å². The molecule has 0 aliphatic rings. The van der Waals surface area contributed by atoms with E-state index in [2.05, 4.69) is 21.3 Å². The van der Waals surface area contributed by atoms with Gasteiger partial charge in [0.1, 0.15) is 18.3 Å². The molecule has 2 heterocycles. The van der Waals surface area contributed by atoms with Gasteiger partial charge in [-0.2, -0.15) is 5.10 Å². The summed E-state index contributed by atoms with van der Waals surface area (Å²) in [7, 11) is 1.69. The van der Waals surface area contributed by atoms with Gasteiger partial charge in [0.25, 0.3) is 5.56 Å². The zero-order valence-corrected chi connectivity index (χ0v) is 9.75. The lowest BCUT2D eigenvalue weighted by Crippen LogP contribution is -2.32. The summed E-state index contributed by atoms with van der Waals surface area (Å²) in [6.07, 6.45) is 7.77. The van der Waals surface area contributed by atoms with E-state index in [9.17, 15) is 9.59 Å². The number of aryl methyl sites for hydroxylation is 1. The number of hydrogen-bond donors (Lipinski definition) is 1. The zero-order valence-electron chi connectivity index (χ0n) is 9.75. The first-order valence-corrected chi connectivity index (χ1v) is 5.21. The Bertz CT molecular complexity index is 692. The van der Waals surface area contributed by atoms with Crippen molar-refractivity contribution >= 4 is 16.9 Å². The van der Waals surface area contributed by atoms with Crippen LogP contribution in [-0.4, -0.2) is 31.8 Å². The maximum absolute atomic E-state index is 12.0. The number of amides is 1. The normalized spacial score (nSPS) is 10.2. The number of fused-ring (bicyclic) bond motifs is 1. The monoisotopic (exact) mass is 245 g/mol. The minimum atomic E-state index is -0.333.